The van der Waals surface area contributed by atoms with Gasteiger partial charge in [-0.25, -0.2) is 0 Å². The molecule has 1 atom stereocenters. The van der Waals surface area contributed by atoms with Crippen LogP contribution in [-0.4, -0.2) is 53.7 Å². The van der Waals surface area contributed by atoms with E-state index in [1.54, 1.807) is 0 Å². The predicted octanol–water partition coefficient (Wildman–Crippen LogP) is 5.73. The van der Waals surface area contributed by atoms with E-state index in [1.807, 2.05) is 12.4 Å². The van der Waals surface area contributed by atoms with Crippen LogP contribution in [0.2, 0.25) is 0 Å². The average molecular weight is 457 g/mol. The summed E-state index contributed by atoms with van der Waals surface area (Å²) in [6, 6.07) is 8.55. The topological polar surface area (TPSA) is 45.4 Å². The molecule has 1 aromatic carbocycles. The van der Waals surface area contributed by atoms with Crippen LogP contribution in [0.15, 0.2) is 65.5 Å². The molecule has 34 heavy (non-hydrogen) atoms. The van der Waals surface area contributed by atoms with E-state index in [4.69, 9.17) is 4.52 Å². The van der Waals surface area contributed by atoms with Crippen molar-refractivity contribution in [2.24, 2.45) is 11.8 Å². The number of aryl methyl sites for hydroxylation is 1. The van der Waals surface area contributed by atoms with Crippen LogP contribution < -0.4 is 0 Å². The molecule has 1 aliphatic carbocycles. The van der Waals surface area contributed by atoms with Crippen LogP contribution in [0.5, 0.6) is 0 Å². The van der Waals surface area contributed by atoms with E-state index in [0.29, 0.717) is 5.92 Å². The van der Waals surface area contributed by atoms with Crippen molar-refractivity contribution in [3.63, 3.8) is 0 Å². The number of likely N-dealkylation sites (tertiary alicyclic amines) is 1. The summed E-state index contributed by atoms with van der Waals surface area (Å²) in [5.74, 6) is 1.47. The third-order valence-corrected chi connectivity index (χ3v) is 7.34. The van der Waals surface area contributed by atoms with Crippen molar-refractivity contribution in [3.8, 4) is 11.1 Å². The molecule has 0 N–H and O–H groups in total. The summed E-state index contributed by atoms with van der Waals surface area (Å²) in [5.41, 5.74) is 5.60. The Balaban J connectivity index is 1.24. The average Bonchev–Trinajstić information content (AvgIpc) is 3.28. The number of benzene rings is 1. The van der Waals surface area contributed by atoms with Crippen molar-refractivity contribution in [1.29, 1.82) is 0 Å². The molecule has 2 aliphatic rings. The lowest BCUT2D eigenvalue weighted by molar-refractivity contribution is 0.165. The molecule has 2 aromatic heterocycles. The monoisotopic (exact) mass is 456 g/mol. The van der Waals surface area contributed by atoms with E-state index >= 15 is 0 Å². The van der Waals surface area contributed by atoms with Gasteiger partial charge < -0.3 is 14.3 Å². The van der Waals surface area contributed by atoms with E-state index in [2.05, 4.69) is 82.6 Å². The number of hydrogen-bond acceptors (Lipinski definition) is 5. The molecule has 1 fully saturated rings. The molecule has 0 spiro atoms. The fraction of sp³-hybridized carbons (Fsp3) is 0.448. The third-order valence-electron chi connectivity index (χ3n) is 7.34. The van der Waals surface area contributed by atoms with Gasteiger partial charge in [-0.2, -0.15) is 0 Å². The molecule has 1 unspecified atom stereocenters. The summed E-state index contributed by atoms with van der Waals surface area (Å²) in [6.07, 6.45) is 18.7. The van der Waals surface area contributed by atoms with Gasteiger partial charge in [0.2, 0.25) is 0 Å². The molecule has 5 nitrogen and oxygen atoms in total. The first-order valence-corrected chi connectivity index (χ1v) is 12.7. The van der Waals surface area contributed by atoms with Crippen molar-refractivity contribution >= 4 is 11.0 Å². The number of hydrogen-bond donors (Lipinski definition) is 0. The molecule has 1 aliphatic heterocycles. The molecule has 0 bridgehead atoms. The lowest BCUT2D eigenvalue weighted by Crippen LogP contribution is -2.37. The van der Waals surface area contributed by atoms with Gasteiger partial charge in [-0.3, -0.25) is 4.98 Å². The molecule has 0 saturated carbocycles. The Morgan fingerprint density at radius 3 is 2.62 bits per heavy atom. The molecular formula is C29H36N4O. The van der Waals surface area contributed by atoms with Gasteiger partial charge >= 0.3 is 0 Å². The number of allylic oxidation sites excluding steroid dienone is 3. The van der Waals surface area contributed by atoms with Crippen LogP contribution in [0.3, 0.4) is 0 Å². The van der Waals surface area contributed by atoms with Gasteiger partial charge in [0.1, 0.15) is 0 Å². The first-order chi connectivity index (χ1) is 16.7. The van der Waals surface area contributed by atoms with E-state index in [9.17, 15) is 0 Å². The number of nitrogens with zero attached hydrogens (tertiary/aromatic N) is 4. The second-order valence-electron chi connectivity index (χ2n) is 10.2. The summed E-state index contributed by atoms with van der Waals surface area (Å²) in [5, 5.41) is 5.71. The smallest absolute Gasteiger partial charge is 0.172 e. The molecule has 3 aromatic rings. The zero-order valence-corrected chi connectivity index (χ0v) is 20.5. The largest absolute Gasteiger partial charge is 0.356 e. The maximum atomic E-state index is 5.97. The van der Waals surface area contributed by atoms with Gasteiger partial charge in [-0.1, -0.05) is 35.5 Å². The fourth-order valence-corrected chi connectivity index (χ4v) is 5.46. The van der Waals surface area contributed by atoms with Crippen molar-refractivity contribution in [2.45, 2.75) is 38.6 Å². The Morgan fingerprint density at radius 2 is 1.88 bits per heavy atom. The maximum absolute atomic E-state index is 5.97. The van der Waals surface area contributed by atoms with Crippen molar-refractivity contribution in [3.05, 3.63) is 72.2 Å². The van der Waals surface area contributed by atoms with Gasteiger partial charge in [0.05, 0.1) is 5.69 Å². The van der Waals surface area contributed by atoms with Gasteiger partial charge in [0.15, 0.2) is 5.58 Å². The summed E-state index contributed by atoms with van der Waals surface area (Å²) in [7, 11) is 4.19. The zero-order chi connectivity index (χ0) is 23.3. The van der Waals surface area contributed by atoms with Crippen LogP contribution in [0.25, 0.3) is 22.1 Å². The molecule has 5 rings (SSSR count). The summed E-state index contributed by atoms with van der Waals surface area (Å²) >= 11 is 0. The Bertz CT molecular complexity index is 1140. The normalized spacial score (nSPS) is 19.4. The molecule has 178 valence electrons. The van der Waals surface area contributed by atoms with Crippen molar-refractivity contribution in [2.75, 3.05) is 33.7 Å². The van der Waals surface area contributed by atoms with Gasteiger partial charge in [-0.05, 0) is 100 Å². The standard InChI is InChI=1S/C29H36N4O/c1-32(2)21-27-25(24-12-16-30-17-13-24)9-10-26-28(31-34-29(26)27)11-8-22-14-18-33(19-15-22)20-23-6-4-3-5-7-23/h3-6,9-10,12-13,16-17,22-23H,7-8,11,14-15,18-21H2,1-2H3. The van der Waals surface area contributed by atoms with Crippen LogP contribution in [-0.2, 0) is 13.0 Å². The van der Waals surface area contributed by atoms with Gasteiger partial charge in [0, 0.05) is 36.4 Å². The SMILES string of the molecule is CN(C)Cc1c(-c2ccncc2)ccc2c(CCC3CCN(CC4C=CC=CC4)CC3)noc12. The second-order valence-corrected chi connectivity index (χ2v) is 10.2. The highest BCUT2D eigenvalue weighted by atomic mass is 16.5. The highest BCUT2D eigenvalue weighted by Crippen LogP contribution is 2.33. The molecule has 3 heterocycles. The lowest BCUT2D eigenvalue weighted by atomic mass is 9.90. The van der Waals surface area contributed by atoms with Crippen LogP contribution in [0.4, 0.5) is 0 Å². The second kappa shape index (κ2) is 10.7. The summed E-state index contributed by atoms with van der Waals surface area (Å²) < 4.78 is 5.97. The van der Waals surface area contributed by atoms with Crippen LogP contribution >= 0.6 is 0 Å². The van der Waals surface area contributed by atoms with E-state index in [0.717, 1.165) is 35.7 Å². The van der Waals surface area contributed by atoms with Crippen LogP contribution in [0.1, 0.15) is 36.9 Å². The maximum Gasteiger partial charge on any atom is 0.172 e. The number of piperidine rings is 1. The number of pyridine rings is 1. The van der Waals surface area contributed by atoms with Gasteiger partial charge in [-0.15, -0.1) is 0 Å². The number of fused-ring (bicyclic) bond motifs is 1. The van der Waals surface area contributed by atoms with Crippen molar-refractivity contribution < 1.29 is 4.52 Å². The minimum absolute atomic E-state index is 0.691. The minimum atomic E-state index is 0.691. The zero-order valence-electron chi connectivity index (χ0n) is 20.5. The Labute approximate surface area is 203 Å². The Hall–Kier alpha value is -2.76. The molecule has 0 radical (unpaired) electrons. The number of aromatic nitrogens is 2. The lowest BCUT2D eigenvalue weighted by Gasteiger charge is -2.33. The third kappa shape index (κ3) is 5.31. The first kappa shape index (κ1) is 23.0. The summed E-state index contributed by atoms with van der Waals surface area (Å²) in [4.78, 5) is 9.02. The Kier molecular flexibility index (Phi) is 7.21. The molecular weight excluding hydrogens is 420 g/mol. The van der Waals surface area contributed by atoms with Gasteiger partial charge in [0.25, 0.3) is 0 Å². The minimum Gasteiger partial charge on any atom is -0.356 e. The molecule has 0 amide bonds. The van der Waals surface area contributed by atoms with E-state index < -0.39 is 0 Å². The first-order valence-electron chi connectivity index (χ1n) is 12.7. The van der Waals surface area contributed by atoms with E-state index in [1.165, 1.54) is 61.8 Å². The van der Waals surface area contributed by atoms with Crippen molar-refractivity contribution in [1.82, 2.24) is 19.9 Å². The molecule has 1 saturated heterocycles. The highest BCUT2D eigenvalue weighted by molar-refractivity contribution is 5.89. The molecule has 5 heteroatoms. The van der Waals surface area contributed by atoms with Crippen LogP contribution in [0, 0.1) is 11.8 Å². The Morgan fingerprint density at radius 1 is 1.06 bits per heavy atom. The quantitative estimate of drug-likeness (QED) is 0.433. The number of rotatable bonds is 8. The predicted molar refractivity (Wildman–Crippen MR) is 139 cm³/mol. The highest BCUT2D eigenvalue weighted by Gasteiger charge is 2.23. The summed E-state index contributed by atoms with van der Waals surface area (Å²) in [6.45, 7) is 4.46. The fourth-order valence-electron chi connectivity index (χ4n) is 5.46. The van der Waals surface area contributed by atoms with E-state index in [-0.39, 0.29) is 0 Å².